The lowest BCUT2D eigenvalue weighted by molar-refractivity contribution is 0.512. The second kappa shape index (κ2) is 5.12. The summed E-state index contributed by atoms with van der Waals surface area (Å²) in [7, 11) is -0.655. The largest absolute Gasteiger partial charge is 0.141 e. The van der Waals surface area contributed by atoms with Crippen molar-refractivity contribution in [1.82, 2.24) is 0 Å². The van der Waals surface area contributed by atoms with Crippen molar-refractivity contribution >= 4 is 41.7 Å². The van der Waals surface area contributed by atoms with Crippen molar-refractivity contribution in [2.75, 3.05) is 0 Å². The Morgan fingerprint density at radius 1 is 1.09 bits per heavy atom. The molecular weight excluding hydrogens is 221 g/mol. The van der Waals surface area contributed by atoms with Gasteiger partial charge in [-0.1, -0.05) is 53.7 Å². The molecule has 1 aliphatic carbocycles. The van der Waals surface area contributed by atoms with Crippen LogP contribution in [0.4, 0.5) is 0 Å². The first-order valence-corrected chi connectivity index (χ1v) is 7.20. The predicted molar refractivity (Wildman–Crippen MR) is 55.1 cm³/mol. The number of hydrogen-bond acceptors (Lipinski definition) is 0. The zero-order valence-electron chi connectivity index (χ0n) is 6.27. The van der Waals surface area contributed by atoms with Crippen LogP contribution in [0, 0.1) is 0 Å². The lowest BCUT2D eigenvalue weighted by atomic mass is 10.0. The third-order valence-electron chi connectivity index (χ3n) is 2.11. The summed E-state index contributed by atoms with van der Waals surface area (Å²) in [6.45, 7) is 0. The van der Waals surface area contributed by atoms with Gasteiger partial charge in [-0.2, -0.15) is 0 Å². The van der Waals surface area contributed by atoms with Crippen LogP contribution >= 0.6 is 41.7 Å². The molecule has 1 atom stereocenters. The molecule has 0 bridgehead atoms. The van der Waals surface area contributed by atoms with E-state index in [9.17, 15) is 0 Å². The molecule has 4 heteroatoms. The third kappa shape index (κ3) is 3.27. The Labute approximate surface area is 84.1 Å². The first-order chi connectivity index (χ1) is 5.22. The zero-order valence-corrected chi connectivity index (χ0v) is 9.43. The Morgan fingerprint density at radius 2 is 1.64 bits per heavy atom. The molecule has 0 radical (unpaired) electrons. The first-order valence-electron chi connectivity index (χ1n) is 3.94. The molecule has 0 spiro atoms. The fourth-order valence-electron chi connectivity index (χ4n) is 1.49. The molecule has 0 amide bonds. The minimum absolute atomic E-state index is 0.338. The van der Waals surface area contributed by atoms with Crippen LogP contribution in [-0.2, 0) is 0 Å². The molecule has 11 heavy (non-hydrogen) atoms. The Bertz CT molecular complexity index is 112. The summed E-state index contributed by atoms with van der Waals surface area (Å²) in [5, 5.41) is 0. The van der Waals surface area contributed by atoms with E-state index < -0.39 is 7.27 Å². The van der Waals surface area contributed by atoms with E-state index in [1.54, 1.807) is 0 Å². The lowest BCUT2D eigenvalue weighted by Crippen LogP contribution is -2.10. The summed E-state index contributed by atoms with van der Waals surface area (Å²) in [6, 6.07) is 0. The minimum Gasteiger partial charge on any atom is -0.0989 e. The van der Waals surface area contributed by atoms with E-state index in [2.05, 4.69) is 0 Å². The molecule has 0 aromatic heterocycles. The molecular formula is C7H12Cl3P. The Morgan fingerprint density at radius 3 is 2.09 bits per heavy atom. The van der Waals surface area contributed by atoms with Gasteiger partial charge in [0.25, 0.3) is 0 Å². The molecule has 66 valence electrons. The summed E-state index contributed by atoms with van der Waals surface area (Å²) in [6.07, 6.45) is 6.41. The highest BCUT2D eigenvalue weighted by molar-refractivity contribution is 7.87. The van der Waals surface area contributed by atoms with Crippen LogP contribution in [0.3, 0.4) is 0 Å². The van der Waals surface area contributed by atoms with Gasteiger partial charge in [0.15, 0.2) is 0 Å². The van der Waals surface area contributed by atoms with Gasteiger partial charge in [0, 0.05) is 7.27 Å². The van der Waals surface area contributed by atoms with Gasteiger partial charge in [-0.15, -0.1) is 0 Å². The predicted octanol–water partition coefficient (Wildman–Crippen LogP) is 4.72. The topological polar surface area (TPSA) is 0 Å². The van der Waals surface area contributed by atoms with Gasteiger partial charge in [-0.3, -0.25) is 0 Å². The second-order valence-electron chi connectivity index (χ2n) is 2.91. The zero-order chi connectivity index (χ0) is 8.27. The van der Waals surface area contributed by atoms with Gasteiger partial charge < -0.3 is 0 Å². The lowest BCUT2D eigenvalue weighted by Gasteiger charge is -2.26. The third-order valence-corrected chi connectivity index (χ3v) is 6.97. The maximum absolute atomic E-state index is 6.10. The molecule has 0 saturated heterocycles. The SMILES string of the molecule is ClC(Cl)P(Cl)C1CCCCC1. The Kier molecular flexibility index (Phi) is 4.83. The summed E-state index contributed by atoms with van der Waals surface area (Å²) in [5.41, 5.74) is 0.611. The quantitative estimate of drug-likeness (QED) is 0.478. The van der Waals surface area contributed by atoms with E-state index in [-0.39, 0.29) is 4.58 Å². The average Bonchev–Trinajstić information content (AvgIpc) is 2.05. The van der Waals surface area contributed by atoms with Crippen molar-refractivity contribution in [1.29, 1.82) is 0 Å². The molecule has 1 rings (SSSR count). The van der Waals surface area contributed by atoms with E-state index in [0.717, 1.165) is 0 Å². The second-order valence-corrected chi connectivity index (χ2v) is 7.72. The minimum atomic E-state index is -0.655. The average molecular weight is 234 g/mol. The van der Waals surface area contributed by atoms with Crippen molar-refractivity contribution in [2.45, 2.75) is 42.3 Å². The highest BCUT2D eigenvalue weighted by atomic mass is 35.7. The Hall–Kier alpha value is 1.30. The van der Waals surface area contributed by atoms with Crippen LogP contribution in [0.5, 0.6) is 0 Å². The van der Waals surface area contributed by atoms with E-state index in [1.165, 1.54) is 32.1 Å². The van der Waals surface area contributed by atoms with E-state index in [4.69, 9.17) is 34.4 Å². The van der Waals surface area contributed by atoms with E-state index in [0.29, 0.717) is 5.66 Å². The Balaban J connectivity index is 2.32. The van der Waals surface area contributed by atoms with Crippen LogP contribution in [0.15, 0.2) is 0 Å². The van der Waals surface area contributed by atoms with Gasteiger partial charge in [-0.25, -0.2) is 0 Å². The van der Waals surface area contributed by atoms with Crippen LogP contribution in [0.25, 0.3) is 0 Å². The maximum atomic E-state index is 6.10. The maximum Gasteiger partial charge on any atom is 0.141 e. The summed E-state index contributed by atoms with van der Waals surface area (Å²) in [5.74, 6) is 0. The number of halogens is 3. The smallest absolute Gasteiger partial charge is 0.0989 e. The highest BCUT2D eigenvalue weighted by Gasteiger charge is 2.26. The van der Waals surface area contributed by atoms with Gasteiger partial charge in [0.05, 0.1) is 0 Å². The highest BCUT2D eigenvalue weighted by Crippen LogP contribution is 2.58. The monoisotopic (exact) mass is 232 g/mol. The number of hydrogen-bond donors (Lipinski definition) is 0. The standard InChI is InChI=1S/C7H12Cl3P/c8-7(9)11(10)6-4-2-1-3-5-6/h6-7H,1-5H2. The van der Waals surface area contributed by atoms with Gasteiger partial charge >= 0.3 is 0 Å². The van der Waals surface area contributed by atoms with Crippen LogP contribution < -0.4 is 0 Å². The summed E-state index contributed by atoms with van der Waals surface area (Å²) >= 11 is 17.5. The molecule has 0 heterocycles. The summed E-state index contributed by atoms with van der Waals surface area (Å²) in [4.78, 5) is 0. The normalized spacial score (nSPS) is 24.0. The number of rotatable bonds is 2. The van der Waals surface area contributed by atoms with Crippen molar-refractivity contribution < 1.29 is 0 Å². The van der Waals surface area contributed by atoms with Crippen molar-refractivity contribution in [3.8, 4) is 0 Å². The molecule has 1 unspecified atom stereocenters. The molecule has 0 aromatic rings. The van der Waals surface area contributed by atoms with Crippen molar-refractivity contribution in [3.05, 3.63) is 0 Å². The summed E-state index contributed by atoms with van der Waals surface area (Å²) < 4.78 is -0.338. The van der Waals surface area contributed by atoms with Gasteiger partial charge in [0.1, 0.15) is 4.58 Å². The molecule has 0 nitrogen and oxygen atoms in total. The molecule has 1 saturated carbocycles. The molecule has 1 aliphatic rings. The molecule has 0 aromatic carbocycles. The molecule has 0 N–H and O–H groups in total. The van der Waals surface area contributed by atoms with Crippen LogP contribution in [0.2, 0.25) is 0 Å². The van der Waals surface area contributed by atoms with Gasteiger partial charge in [0.2, 0.25) is 0 Å². The van der Waals surface area contributed by atoms with Crippen molar-refractivity contribution in [3.63, 3.8) is 0 Å². The van der Waals surface area contributed by atoms with Crippen LogP contribution in [0.1, 0.15) is 32.1 Å². The van der Waals surface area contributed by atoms with Gasteiger partial charge in [-0.05, 0) is 18.5 Å². The molecule has 1 fully saturated rings. The van der Waals surface area contributed by atoms with E-state index >= 15 is 0 Å². The fraction of sp³-hybridized carbons (Fsp3) is 1.00. The molecule has 0 aliphatic heterocycles. The van der Waals surface area contributed by atoms with Crippen LogP contribution in [-0.4, -0.2) is 10.2 Å². The van der Waals surface area contributed by atoms with Crippen molar-refractivity contribution in [2.24, 2.45) is 0 Å². The first kappa shape index (κ1) is 10.4. The fourth-order valence-corrected chi connectivity index (χ4v) is 4.21. The number of alkyl halides is 2. The van der Waals surface area contributed by atoms with E-state index in [1.807, 2.05) is 0 Å².